The van der Waals surface area contributed by atoms with Gasteiger partial charge in [-0.25, -0.2) is 4.98 Å². The molecular formula is C29H22N8O. The number of para-hydroxylation sites is 4. The zero-order valence-corrected chi connectivity index (χ0v) is 20.1. The number of hydrogen-bond acceptors (Lipinski definition) is 8. The quantitative estimate of drug-likeness (QED) is 0.211. The minimum Gasteiger partial charge on any atom is -0.324 e. The van der Waals surface area contributed by atoms with E-state index in [1.165, 1.54) is 0 Å². The Balaban J connectivity index is 1.39. The number of anilines is 6. The van der Waals surface area contributed by atoms with Crippen molar-refractivity contribution in [2.24, 2.45) is 0 Å². The number of nitrogens with one attached hydrogen (secondary N) is 4. The molecule has 0 aliphatic carbocycles. The largest absolute Gasteiger partial charge is 0.324 e. The first-order valence-corrected chi connectivity index (χ1v) is 12.0. The normalized spacial score (nSPS) is 10.7. The van der Waals surface area contributed by atoms with Crippen LogP contribution >= 0.6 is 0 Å². The first-order chi connectivity index (χ1) is 18.7. The highest BCUT2D eigenvalue weighted by Crippen LogP contribution is 2.28. The summed E-state index contributed by atoms with van der Waals surface area (Å²) in [4.78, 5) is 34.0. The van der Waals surface area contributed by atoms with Crippen molar-refractivity contribution in [3.63, 3.8) is 0 Å². The Labute approximate surface area is 217 Å². The summed E-state index contributed by atoms with van der Waals surface area (Å²) in [7, 11) is 0. The standard InChI is InChI=1S/C29H22N8O/c38-26-22-16-8-10-18-24(22)32-25(34-26)21-15-7-9-17-23(21)33-29-36-27(30-19-11-3-1-4-12-19)35-28(37-29)31-20-13-5-2-6-14-20/h1-18H,(H,32,34,38)(H3,30,31,33,35,36,37). The molecule has 0 atom stereocenters. The molecule has 0 radical (unpaired) electrons. The van der Waals surface area contributed by atoms with Crippen LogP contribution < -0.4 is 21.5 Å². The van der Waals surface area contributed by atoms with Crippen LogP contribution in [-0.2, 0) is 0 Å². The lowest BCUT2D eigenvalue weighted by atomic mass is 10.1. The molecule has 4 aromatic carbocycles. The van der Waals surface area contributed by atoms with E-state index in [0.717, 1.165) is 11.4 Å². The van der Waals surface area contributed by atoms with Crippen LogP contribution in [0.2, 0.25) is 0 Å². The lowest BCUT2D eigenvalue weighted by Crippen LogP contribution is -2.11. The third-order valence-electron chi connectivity index (χ3n) is 5.74. The van der Waals surface area contributed by atoms with Crippen molar-refractivity contribution < 1.29 is 0 Å². The van der Waals surface area contributed by atoms with E-state index < -0.39 is 0 Å². The van der Waals surface area contributed by atoms with Gasteiger partial charge >= 0.3 is 0 Å². The molecule has 9 nitrogen and oxygen atoms in total. The Morgan fingerprint density at radius 2 is 1.05 bits per heavy atom. The Morgan fingerprint density at radius 1 is 0.526 bits per heavy atom. The Bertz CT molecular complexity index is 1710. The molecule has 0 saturated carbocycles. The molecular weight excluding hydrogens is 476 g/mol. The smallest absolute Gasteiger partial charge is 0.259 e. The summed E-state index contributed by atoms with van der Waals surface area (Å²) in [5.41, 5.74) is 3.47. The molecule has 0 aliphatic rings. The first kappa shape index (κ1) is 22.9. The lowest BCUT2D eigenvalue weighted by Gasteiger charge is -2.13. The maximum atomic E-state index is 12.7. The lowest BCUT2D eigenvalue weighted by molar-refractivity contribution is 1.06. The molecule has 38 heavy (non-hydrogen) atoms. The second-order valence-corrected chi connectivity index (χ2v) is 8.39. The number of rotatable bonds is 7. The van der Waals surface area contributed by atoms with E-state index in [1.807, 2.05) is 103 Å². The van der Waals surface area contributed by atoms with Gasteiger partial charge in [0.15, 0.2) is 0 Å². The highest BCUT2D eigenvalue weighted by Gasteiger charge is 2.13. The van der Waals surface area contributed by atoms with Crippen LogP contribution in [0.4, 0.5) is 34.9 Å². The number of H-pyrrole nitrogens is 1. The molecule has 6 aromatic rings. The molecule has 6 rings (SSSR count). The zero-order chi connectivity index (χ0) is 25.7. The molecule has 9 heteroatoms. The average molecular weight is 499 g/mol. The van der Waals surface area contributed by atoms with Gasteiger partial charge in [-0.1, -0.05) is 60.7 Å². The maximum absolute atomic E-state index is 12.7. The van der Waals surface area contributed by atoms with Crippen LogP contribution in [0.25, 0.3) is 22.3 Å². The minimum atomic E-state index is -0.204. The number of benzene rings is 4. The van der Waals surface area contributed by atoms with E-state index in [2.05, 4.69) is 40.9 Å². The summed E-state index contributed by atoms with van der Waals surface area (Å²) < 4.78 is 0. The molecule has 4 N–H and O–H groups in total. The molecule has 184 valence electrons. The monoisotopic (exact) mass is 498 g/mol. The first-order valence-electron chi connectivity index (χ1n) is 12.0. The molecule has 2 heterocycles. The van der Waals surface area contributed by atoms with E-state index in [1.54, 1.807) is 6.07 Å². The molecule has 0 aliphatic heterocycles. The van der Waals surface area contributed by atoms with Crippen LogP contribution in [0.3, 0.4) is 0 Å². The van der Waals surface area contributed by atoms with Crippen molar-refractivity contribution in [3.05, 3.63) is 120 Å². The van der Waals surface area contributed by atoms with Crippen LogP contribution in [0.1, 0.15) is 0 Å². The topological polar surface area (TPSA) is 121 Å². The van der Waals surface area contributed by atoms with Crippen molar-refractivity contribution in [1.82, 2.24) is 24.9 Å². The minimum absolute atomic E-state index is 0.204. The predicted octanol–water partition coefficient (Wildman–Crippen LogP) is 6.01. The molecule has 0 unspecified atom stereocenters. The van der Waals surface area contributed by atoms with Crippen LogP contribution in [0.5, 0.6) is 0 Å². The molecule has 0 amide bonds. The van der Waals surface area contributed by atoms with Crippen molar-refractivity contribution in [2.45, 2.75) is 0 Å². The summed E-state index contributed by atoms with van der Waals surface area (Å²) in [5.74, 6) is 1.48. The third kappa shape index (κ3) is 5.02. The van der Waals surface area contributed by atoms with Crippen LogP contribution in [-0.4, -0.2) is 24.9 Å². The Morgan fingerprint density at radius 3 is 1.71 bits per heavy atom. The summed E-state index contributed by atoms with van der Waals surface area (Å²) in [5, 5.41) is 10.3. The van der Waals surface area contributed by atoms with E-state index in [9.17, 15) is 4.79 Å². The van der Waals surface area contributed by atoms with Crippen LogP contribution in [0, 0.1) is 0 Å². The van der Waals surface area contributed by atoms with Gasteiger partial charge in [-0.15, -0.1) is 0 Å². The summed E-state index contributed by atoms with van der Waals surface area (Å²) >= 11 is 0. The van der Waals surface area contributed by atoms with Gasteiger partial charge in [-0.2, -0.15) is 15.0 Å². The number of aromatic nitrogens is 5. The highest BCUT2D eigenvalue weighted by atomic mass is 16.1. The average Bonchev–Trinajstić information content (AvgIpc) is 2.94. The van der Waals surface area contributed by atoms with E-state index in [-0.39, 0.29) is 5.56 Å². The van der Waals surface area contributed by atoms with Gasteiger partial charge in [0.05, 0.1) is 16.6 Å². The zero-order valence-electron chi connectivity index (χ0n) is 20.1. The van der Waals surface area contributed by atoms with E-state index >= 15 is 0 Å². The van der Waals surface area contributed by atoms with Gasteiger partial charge in [0.1, 0.15) is 5.82 Å². The Hall–Kier alpha value is -5.57. The van der Waals surface area contributed by atoms with Crippen molar-refractivity contribution >= 4 is 45.8 Å². The van der Waals surface area contributed by atoms with Crippen LogP contribution in [0.15, 0.2) is 114 Å². The SMILES string of the molecule is O=c1[nH]c(-c2ccccc2Nc2nc(Nc3ccccc3)nc(Nc3ccccc3)n2)nc2ccccc12. The van der Waals surface area contributed by atoms with Gasteiger partial charge in [-0.05, 0) is 48.5 Å². The number of aromatic amines is 1. The number of hydrogen-bond donors (Lipinski definition) is 4. The van der Waals surface area contributed by atoms with Gasteiger partial charge in [-0.3, -0.25) is 4.79 Å². The van der Waals surface area contributed by atoms with Gasteiger partial charge in [0, 0.05) is 16.9 Å². The third-order valence-corrected chi connectivity index (χ3v) is 5.74. The van der Waals surface area contributed by atoms with Gasteiger partial charge < -0.3 is 20.9 Å². The van der Waals surface area contributed by atoms with E-state index in [4.69, 9.17) is 0 Å². The second-order valence-electron chi connectivity index (χ2n) is 8.39. The number of fused-ring (bicyclic) bond motifs is 1. The van der Waals surface area contributed by atoms with Crippen molar-refractivity contribution in [2.75, 3.05) is 16.0 Å². The fraction of sp³-hybridized carbons (Fsp3) is 0. The fourth-order valence-electron chi connectivity index (χ4n) is 3.98. The molecule has 0 spiro atoms. The predicted molar refractivity (Wildman–Crippen MR) is 150 cm³/mol. The summed E-state index contributed by atoms with van der Waals surface area (Å²) in [6.07, 6.45) is 0. The molecule has 2 aromatic heterocycles. The van der Waals surface area contributed by atoms with E-state index in [0.29, 0.717) is 45.8 Å². The molecule has 0 bridgehead atoms. The van der Waals surface area contributed by atoms with Crippen molar-refractivity contribution in [1.29, 1.82) is 0 Å². The highest BCUT2D eigenvalue weighted by molar-refractivity contribution is 5.82. The molecule has 0 saturated heterocycles. The van der Waals surface area contributed by atoms with Gasteiger partial charge in [0.25, 0.3) is 5.56 Å². The Kier molecular flexibility index (Phi) is 6.13. The maximum Gasteiger partial charge on any atom is 0.259 e. The van der Waals surface area contributed by atoms with Crippen molar-refractivity contribution in [3.8, 4) is 11.4 Å². The second kappa shape index (κ2) is 10.2. The van der Waals surface area contributed by atoms with Gasteiger partial charge in [0.2, 0.25) is 17.8 Å². The summed E-state index contributed by atoms with van der Waals surface area (Å²) in [6, 6.07) is 34.1. The number of nitrogens with zero attached hydrogens (tertiary/aromatic N) is 4. The fourth-order valence-corrected chi connectivity index (χ4v) is 3.98. The molecule has 0 fully saturated rings. The summed E-state index contributed by atoms with van der Waals surface area (Å²) in [6.45, 7) is 0.